The highest BCUT2D eigenvalue weighted by molar-refractivity contribution is 6.18. The Morgan fingerprint density at radius 2 is 1.95 bits per heavy atom. The highest BCUT2D eigenvalue weighted by Crippen LogP contribution is 2.28. The monoisotopic (exact) mass is 299 g/mol. The van der Waals surface area contributed by atoms with E-state index in [-0.39, 0.29) is 11.5 Å². The van der Waals surface area contributed by atoms with Crippen LogP contribution >= 0.6 is 11.6 Å². The van der Waals surface area contributed by atoms with Crippen molar-refractivity contribution in [2.45, 2.75) is 53.6 Å². The highest BCUT2D eigenvalue weighted by Gasteiger charge is 2.25. The maximum absolute atomic E-state index is 6.12. The van der Waals surface area contributed by atoms with Gasteiger partial charge in [0.05, 0.1) is 6.10 Å². The average molecular weight is 300 g/mol. The van der Waals surface area contributed by atoms with Crippen LogP contribution in [0.5, 0.6) is 5.88 Å². The first-order valence-electron chi connectivity index (χ1n) is 7.27. The standard InChI is InChI=1S/C15H26ClN3O/c1-6-15(7-2,9-16)10-17-14-18-12(5)8-13(19-14)20-11(3)4/h8,11H,6-7,9-10H2,1-5H3,(H,17,18,19). The Bertz CT molecular complexity index is 411. The molecule has 5 heteroatoms. The summed E-state index contributed by atoms with van der Waals surface area (Å²) in [6.07, 6.45) is 2.16. The summed E-state index contributed by atoms with van der Waals surface area (Å²) in [6.45, 7) is 11.0. The van der Waals surface area contributed by atoms with Crippen LogP contribution in [0.3, 0.4) is 0 Å². The molecule has 0 unspecified atom stereocenters. The van der Waals surface area contributed by atoms with Crippen LogP contribution in [0.2, 0.25) is 0 Å². The van der Waals surface area contributed by atoms with Crippen LogP contribution in [0.4, 0.5) is 5.95 Å². The molecule has 1 aromatic rings. The summed E-state index contributed by atoms with van der Waals surface area (Å²) in [6, 6.07) is 1.85. The van der Waals surface area contributed by atoms with E-state index >= 15 is 0 Å². The smallest absolute Gasteiger partial charge is 0.226 e. The van der Waals surface area contributed by atoms with Gasteiger partial charge in [-0.3, -0.25) is 0 Å². The molecule has 0 amide bonds. The Hall–Kier alpha value is -1.03. The lowest BCUT2D eigenvalue weighted by Crippen LogP contribution is -2.31. The third-order valence-electron chi connectivity index (χ3n) is 3.59. The summed E-state index contributed by atoms with van der Waals surface area (Å²) in [4.78, 5) is 8.79. The Morgan fingerprint density at radius 1 is 1.30 bits per heavy atom. The maximum Gasteiger partial charge on any atom is 0.226 e. The van der Waals surface area contributed by atoms with E-state index in [0.29, 0.717) is 17.7 Å². The van der Waals surface area contributed by atoms with Gasteiger partial charge in [0.25, 0.3) is 0 Å². The molecule has 114 valence electrons. The Labute approximate surface area is 127 Å². The molecule has 0 aliphatic heterocycles. The minimum atomic E-state index is 0.0910. The van der Waals surface area contributed by atoms with Gasteiger partial charge in [0.15, 0.2) is 0 Å². The number of halogens is 1. The normalized spacial score (nSPS) is 11.8. The van der Waals surface area contributed by atoms with Crippen molar-refractivity contribution in [2.75, 3.05) is 17.7 Å². The number of aryl methyl sites for hydroxylation is 1. The van der Waals surface area contributed by atoms with Crippen LogP contribution in [-0.4, -0.2) is 28.5 Å². The fourth-order valence-electron chi connectivity index (χ4n) is 1.92. The van der Waals surface area contributed by atoms with Crippen LogP contribution in [0.15, 0.2) is 6.07 Å². The molecule has 0 saturated carbocycles. The summed E-state index contributed by atoms with van der Waals surface area (Å²) in [5.74, 6) is 1.85. The highest BCUT2D eigenvalue weighted by atomic mass is 35.5. The van der Waals surface area contributed by atoms with Gasteiger partial charge >= 0.3 is 0 Å². The molecule has 0 saturated heterocycles. The van der Waals surface area contributed by atoms with Gasteiger partial charge in [-0.1, -0.05) is 13.8 Å². The summed E-state index contributed by atoms with van der Waals surface area (Å²) in [7, 11) is 0. The zero-order chi connectivity index (χ0) is 15.2. The first kappa shape index (κ1) is 17.0. The van der Waals surface area contributed by atoms with Crippen molar-refractivity contribution in [3.8, 4) is 5.88 Å². The fourth-order valence-corrected chi connectivity index (χ4v) is 2.40. The number of alkyl halides is 1. The van der Waals surface area contributed by atoms with Crippen LogP contribution in [0, 0.1) is 12.3 Å². The van der Waals surface area contributed by atoms with Gasteiger partial charge in [-0.25, -0.2) is 4.98 Å². The van der Waals surface area contributed by atoms with E-state index in [1.54, 1.807) is 0 Å². The van der Waals surface area contributed by atoms with Gasteiger partial charge in [0.2, 0.25) is 11.8 Å². The molecule has 1 rings (SSSR count). The number of anilines is 1. The fraction of sp³-hybridized carbons (Fsp3) is 0.733. The molecule has 0 fully saturated rings. The Kier molecular flexibility index (Phi) is 6.53. The second-order valence-electron chi connectivity index (χ2n) is 5.53. The van der Waals surface area contributed by atoms with E-state index in [1.165, 1.54) is 0 Å². The van der Waals surface area contributed by atoms with E-state index in [4.69, 9.17) is 16.3 Å². The Morgan fingerprint density at radius 3 is 2.45 bits per heavy atom. The zero-order valence-electron chi connectivity index (χ0n) is 13.2. The molecule has 4 nitrogen and oxygen atoms in total. The topological polar surface area (TPSA) is 47.0 Å². The van der Waals surface area contributed by atoms with Crippen molar-refractivity contribution in [3.63, 3.8) is 0 Å². The molecule has 1 aromatic heterocycles. The average Bonchev–Trinajstić information content (AvgIpc) is 2.39. The molecule has 20 heavy (non-hydrogen) atoms. The van der Waals surface area contributed by atoms with E-state index in [1.807, 2.05) is 26.8 Å². The molecule has 0 aliphatic carbocycles. The summed E-state index contributed by atoms with van der Waals surface area (Å²) < 4.78 is 5.63. The number of ether oxygens (including phenoxy) is 1. The first-order chi connectivity index (χ1) is 9.44. The van der Waals surface area contributed by atoms with Crippen molar-refractivity contribution >= 4 is 17.5 Å². The summed E-state index contributed by atoms with van der Waals surface area (Å²) in [5, 5.41) is 3.31. The van der Waals surface area contributed by atoms with E-state index < -0.39 is 0 Å². The third kappa shape index (κ3) is 4.82. The van der Waals surface area contributed by atoms with Gasteiger partial charge < -0.3 is 10.1 Å². The second-order valence-corrected chi connectivity index (χ2v) is 5.80. The molecular formula is C15H26ClN3O. The van der Waals surface area contributed by atoms with Crippen LogP contribution in [0.25, 0.3) is 0 Å². The van der Waals surface area contributed by atoms with E-state index in [2.05, 4.69) is 29.1 Å². The van der Waals surface area contributed by atoms with Crippen molar-refractivity contribution < 1.29 is 4.74 Å². The van der Waals surface area contributed by atoms with Crippen molar-refractivity contribution in [3.05, 3.63) is 11.8 Å². The zero-order valence-corrected chi connectivity index (χ0v) is 13.9. The molecule has 0 atom stereocenters. The number of nitrogens with zero attached hydrogens (tertiary/aromatic N) is 2. The minimum Gasteiger partial charge on any atom is -0.475 e. The largest absolute Gasteiger partial charge is 0.475 e. The predicted molar refractivity (Wildman–Crippen MR) is 84.8 cm³/mol. The van der Waals surface area contributed by atoms with Crippen molar-refractivity contribution in [1.82, 2.24) is 9.97 Å². The third-order valence-corrected chi connectivity index (χ3v) is 4.16. The van der Waals surface area contributed by atoms with Gasteiger partial charge in [-0.05, 0) is 33.6 Å². The molecule has 1 N–H and O–H groups in total. The van der Waals surface area contributed by atoms with Gasteiger partial charge in [0.1, 0.15) is 0 Å². The number of hydrogen-bond acceptors (Lipinski definition) is 4. The van der Waals surface area contributed by atoms with Crippen molar-refractivity contribution in [2.24, 2.45) is 5.41 Å². The molecule has 0 aliphatic rings. The summed E-state index contributed by atoms with van der Waals surface area (Å²) in [5.41, 5.74) is 0.982. The van der Waals surface area contributed by atoms with Crippen LogP contribution in [-0.2, 0) is 0 Å². The van der Waals surface area contributed by atoms with E-state index in [9.17, 15) is 0 Å². The summed E-state index contributed by atoms with van der Waals surface area (Å²) >= 11 is 6.12. The minimum absolute atomic E-state index is 0.0910. The number of aromatic nitrogens is 2. The quantitative estimate of drug-likeness (QED) is 0.736. The molecule has 1 heterocycles. The number of nitrogens with one attached hydrogen (secondary N) is 1. The SMILES string of the molecule is CCC(CC)(CCl)CNc1nc(C)cc(OC(C)C)n1. The maximum atomic E-state index is 6.12. The first-order valence-corrected chi connectivity index (χ1v) is 7.80. The molecule has 0 spiro atoms. The van der Waals surface area contributed by atoms with Gasteiger partial charge in [0, 0.05) is 29.6 Å². The number of rotatable bonds is 8. The molecule has 0 aromatic carbocycles. The van der Waals surface area contributed by atoms with E-state index in [0.717, 1.165) is 25.1 Å². The molecule has 0 bridgehead atoms. The lowest BCUT2D eigenvalue weighted by atomic mass is 9.84. The molecule has 0 radical (unpaired) electrons. The molecular weight excluding hydrogens is 274 g/mol. The number of hydrogen-bond donors (Lipinski definition) is 1. The Balaban J connectivity index is 2.79. The lowest BCUT2D eigenvalue weighted by Gasteiger charge is -2.29. The predicted octanol–water partition coefficient (Wildman–Crippen LogP) is 4.03. The van der Waals surface area contributed by atoms with Gasteiger partial charge in [-0.2, -0.15) is 4.98 Å². The second kappa shape index (κ2) is 7.67. The van der Waals surface area contributed by atoms with Gasteiger partial charge in [-0.15, -0.1) is 11.6 Å². The van der Waals surface area contributed by atoms with Crippen molar-refractivity contribution in [1.29, 1.82) is 0 Å². The van der Waals surface area contributed by atoms with Crippen LogP contribution < -0.4 is 10.1 Å². The lowest BCUT2D eigenvalue weighted by molar-refractivity contribution is 0.232. The van der Waals surface area contributed by atoms with Crippen LogP contribution in [0.1, 0.15) is 46.2 Å².